The summed E-state index contributed by atoms with van der Waals surface area (Å²) in [4.78, 5) is 0. The first-order valence-electron chi connectivity index (χ1n) is 8.50. The van der Waals surface area contributed by atoms with E-state index in [9.17, 15) is 18.4 Å². The summed E-state index contributed by atoms with van der Waals surface area (Å²) in [6.45, 7) is 0. The summed E-state index contributed by atoms with van der Waals surface area (Å²) < 4.78 is 48.4. The van der Waals surface area contributed by atoms with Crippen molar-refractivity contribution in [2.45, 2.75) is 12.1 Å². The maximum atomic E-state index is 14.0. The fourth-order valence-electron chi connectivity index (χ4n) is 3.34. The molecular formula is C20H11Cl2F3N4O. The molecule has 4 rings (SSSR count). The summed E-state index contributed by atoms with van der Waals surface area (Å²) in [5, 5.41) is 13.8. The highest BCUT2D eigenvalue weighted by atomic mass is 35.5. The van der Waals surface area contributed by atoms with Crippen molar-refractivity contribution in [2.75, 3.05) is 0 Å². The van der Waals surface area contributed by atoms with Gasteiger partial charge in [-0.05, 0) is 29.8 Å². The number of fused-ring (bicyclic) bond motifs is 1. The van der Waals surface area contributed by atoms with Crippen molar-refractivity contribution < 1.29 is 17.9 Å². The number of benzene rings is 2. The van der Waals surface area contributed by atoms with Crippen LogP contribution in [-0.2, 0) is 6.18 Å². The third kappa shape index (κ3) is 3.26. The standard InChI is InChI=1S/C20H11Cl2F3N4O/c21-10-6-7-12(14(22)8-10)15-13(9-26)18(27)30-19-16(15)17(20(23,24)25)28-29(19)11-4-2-1-3-5-11/h1-8,15H,27H2. The summed E-state index contributed by atoms with van der Waals surface area (Å²) >= 11 is 12.2. The number of nitriles is 1. The highest BCUT2D eigenvalue weighted by molar-refractivity contribution is 6.35. The van der Waals surface area contributed by atoms with E-state index in [1.165, 1.54) is 18.2 Å². The maximum Gasteiger partial charge on any atom is 0.435 e. The van der Waals surface area contributed by atoms with Gasteiger partial charge in [0.05, 0.1) is 17.2 Å². The average Bonchev–Trinajstić information content (AvgIpc) is 3.07. The van der Waals surface area contributed by atoms with Gasteiger partial charge in [-0.1, -0.05) is 47.5 Å². The molecule has 0 amide bonds. The summed E-state index contributed by atoms with van der Waals surface area (Å²) in [6.07, 6.45) is -4.82. The van der Waals surface area contributed by atoms with Crippen LogP contribution < -0.4 is 10.5 Å². The molecule has 1 aliphatic rings. The lowest BCUT2D eigenvalue weighted by atomic mass is 9.84. The van der Waals surface area contributed by atoms with Crippen molar-refractivity contribution in [1.29, 1.82) is 5.26 Å². The number of hydrogen-bond acceptors (Lipinski definition) is 4. The molecule has 30 heavy (non-hydrogen) atoms. The van der Waals surface area contributed by atoms with Crippen LogP contribution >= 0.6 is 23.2 Å². The average molecular weight is 451 g/mol. The summed E-state index contributed by atoms with van der Waals surface area (Å²) in [7, 11) is 0. The van der Waals surface area contributed by atoms with Gasteiger partial charge in [0.1, 0.15) is 11.6 Å². The number of halogens is 5. The van der Waals surface area contributed by atoms with Gasteiger partial charge in [0.25, 0.3) is 0 Å². The van der Waals surface area contributed by atoms with Gasteiger partial charge in [-0.2, -0.15) is 28.2 Å². The van der Waals surface area contributed by atoms with E-state index in [1.54, 1.807) is 30.3 Å². The molecule has 1 unspecified atom stereocenters. The molecule has 152 valence electrons. The third-order valence-corrected chi connectivity index (χ3v) is 5.15. The highest BCUT2D eigenvalue weighted by Crippen LogP contribution is 2.50. The SMILES string of the molecule is N#CC1=C(N)Oc2c(c(C(F)(F)F)nn2-c2ccccc2)C1c1ccc(Cl)cc1Cl. The van der Waals surface area contributed by atoms with Gasteiger partial charge in [-0.3, -0.25) is 0 Å². The Morgan fingerprint density at radius 3 is 2.43 bits per heavy atom. The quantitative estimate of drug-likeness (QED) is 0.565. The molecule has 0 saturated carbocycles. The molecule has 10 heteroatoms. The van der Waals surface area contributed by atoms with E-state index in [0.29, 0.717) is 10.7 Å². The van der Waals surface area contributed by atoms with E-state index in [2.05, 4.69) is 5.10 Å². The van der Waals surface area contributed by atoms with Gasteiger partial charge in [-0.15, -0.1) is 0 Å². The Labute approximate surface area is 178 Å². The van der Waals surface area contributed by atoms with E-state index in [-0.39, 0.29) is 33.5 Å². The Bertz CT molecular complexity index is 1210. The van der Waals surface area contributed by atoms with Crippen LogP contribution in [0.25, 0.3) is 5.69 Å². The van der Waals surface area contributed by atoms with Gasteiger partial charge < -0.3 is 10.5 Å². The van der Waals surface area contributed by atoms with Crippen molar-refractivity contribution in [3.8, 4) is 17.6 Å². The Morgan fingerprint density at radius 1 is 1.13 bits per heavy atom. The number of hydrogen-bond donors (Lipinski definition) is 1. The molecule has 3 aromatic rings. The molecule has 0 saturated heterocycles. The molecule has 0 spiro atoms. The van der Waals surface area contributed by atoms with E-state index in [1.807, 2.05) is 6.07 Å². The number of para-hydroxylation sites is 1. The van der Waals surface area contributed by atoms with Gasteiger partial charge in [-0.25, -0.2) is 0 Å². The van der Waals surface area contributed by atoms with E-state index in [0.717, 1.165) is 4.68 Å². The second-order valence-electron chi connectivity index (χ2n) is 6.40. The Kier molecular flexibility index (Phi) is 4.88. The molecule has 0 aliphatic carbocycles. The molecule has 1 aromatic heterocycles. The lowest BCUT2D eigenvalue weighted by molar-refractivity contribution is -0.142. The maximum absolute atomic E-state index is 14.0. The number of ether oxygens (including phenoxy) is 1. The van der Waals surface area contributed by atoms with Gasteiger partial charge >= 0.3 is 6.18 Å². The monoisotopic (exact) mass is 450 g/mol. The summed E-state index contributed by atoms with van der Waals surface area (Å²) in [6, 6.07) is 14.3. The van der Waals surface area contributed by atoms with Crippen molar-refractivity contribution >= 4 is 23.2 Å². The van der Waals surface area contributed by atoms with Crippen molar-refractivity contribution in [3.63, 3.8) is 0 Å². The molecule has 2 N–H and O–H groups in total. The number of aromatic nitrogens is 2. The Balaban J connectivity index is 2.07. The van der Waals surface area contributed by atoms with Gasteiger partial charge in [0, 0.05) is 10.0 Å². The lowest BCUT2D eigenvalue weighted by Gasteiger charge is -2.26. The van der Waals surface area contributed by atoms with Crippen LogP contribution in [0.4, 0.5) is 13.2 Å². The highest BCUT2D eigenvalue weighted by Gasteiger charge is 2.46. The van der Waals surface area contributed by atoms with Crippen LogP contribution in [0.15, 0.2) is 60.0 Å². The van der Waals surface area contributed by atoms with E-state index >= 15 is 0 Å². The first kappa shape index (κ1) is 20.1. The number of rotatable bonds is 2. The first-order valence-corrected chi connectivity index (χ1v) is 9.26. The zero-order valence-corrected chi connectivity index (χ0v) is 16.4. The molecule has 5 nitrogen and oxygen atoms in total. The molecule has 0 fully saturated rings. The van der Waals surface area contributed by atoms with Crippen LogP contribution in [-0.4, -0.2) is 9.78 Å². The summed E-state index contributed by atoms with van der Waals surface area (Å²) in [5.41, 5.74) is 4.73. The molecule has 2 heterocycles. The fraction of sp³-hybridized carbons (Fsp3) is 0.100. The lowest BCUT2D eigenvalue weighted by Crippen LogP contribution is -2.23. The largest absolute Gasteiger partial charge is 0.435 e. The predicted octanol–water partition coefficient (Wildman–Crippen LogP) is 5.42. The van der Waals surface area contributed by atoms with Gasteiger partial charge in [0.2, 0.25) is 11.8 Å². The Morgan fingerprint density at radius 2 is 1.83 bits per heavy atom. The van der Waals surface area contributed by atoms with Crippen molar-refractivity contribution in [1.82, 2.24) is 9.78 Å². The zero-order chi connectivity index (χ0) is 21.6. The number of nitrogens with zero attached hydrogens (tertiary/aromatic N) is 3. The van der Waals surface area contributed by atoms with Crippen LogP contribution in [0, 0.1) is 11.3 Å². The minimum atomic E-state index is -4.82. The molecule has 0 radical (unpaired) electrons. The molecule has 0 bridgehead atoms. The molecular weight excluding hydrogens is 440 g/mol. The summed E-state index contributed by atoms with van der Waals surface area (Å²) in [5.74, 6) is -1.80. The third-order valence-electron chi connectivity index (χ3n) is 4.59. The topological polar surface area (TPSA) is 76.9 Å². The first-order chi connectivity index (χ1) is 14.2. The van der Waals surface area contributed by atoms with Gasteiger partial charge in [0.15, 0.2) is 5.69 Å². The number of nitrogens with two attached hydrogens (primary N) is 1. The van der Waals surface area contributed by atoms with Crippen LogP contribution in [0.3, 0.4) is 0 Å². The molecule has 2 aromatic carbocycles. The zero-order valence-electron chi connectivity index (χ0n) is 14.9. The normalized spacial score (nSPS) is 16.1. The van der Waals surface area contributed by atoms with E-state index < -0.39 is 17.8 Å². The minimum Gasteiger partial charge on any atom is -0.422 e. The smallest absolute Gasteiger partial charge is 0.422 e. The van der Waals surface area contributed by atoms with Crippen LogP contribution in [0.2, 0.25) is 10.0 Å². The molecule has 1 atom stereocenters. The van der Waals surface area contributed by atoms with Crippen LogP contribution in [0.1, 0.15) is 22.7 Å². The number of allylic oxidation sites excluding steroid dienone is 1. The second kappa shape index (κ2) is 7.27. The second-order valence-corrected chi connectivity index (χ2v) is 7.25. The Hall–Kier alpha value is -3.15. The minimum absolute atomic E-state index is 0.0847. The molecule has 1 aliphatic heterocycles. The number of alkyl halides is 3. The fourth-order valence-corrected chi connectivity index (χ4v) is 3.86. The van der Waals surface area contributed by atoms with E-state index in [4.69, 9.17) is 33.7 Å². The predicted molar refractivity (Wildman–Crippen MR) is 104 cm³/mol. The van der Waals surface area contributed by atoms with Crippen molar-refractivity contribution in [2.24, 2.45) is 5.73 Å². The van der Waals surface area contributed by atoms with Crippen LogP contribution in [0.5, 0.6) is 5.88 Å². The van der Waals surface area contributed by atoms with Crippen molar-refractivity contribution in [3.05, 3.63) is 86.9 Å².